The molecule has 0 spiro atoms. The van der Waals surface area contributed by atoms with Gasteiger partial charge in [-0.25, -0.2) is 4.79 Å². The van der Waals surface area contributed by atoms with Gasteiger partial charge in [0.1, 0.15) is 5.60 Å². The third-order valence-electron chi connectivity index (χ3n) is 4.35. The molecule has 3 heteroatoms. The van der Waals surface area contributed by atoms with Gasteiger partial charge < -0.3 is 10.1 Å². The molecule has 0 aromatic heterocycles. The molecule has 0 saturated carbocycles. The maximum absolute atomic E-state index is 12.4. The van der Waals surface area contributed by atoms with Crippen LogP contribution >= 0.6 is 0 Å². The Morgan fingerprint density at radius 1 is 1.08 bits per heavy atom. The molecule has 0 aliphatic carbocycles. The fraction of sp³-hybridized carbons (Fsp3) is 0.348. The van der Waals surface area contributed by atoms with E-state index in [4.69, 9.17) is 4.74 Å². The Morgan fingerprint density at radius 3 is 2.35 bits per heavy atom. The van der Waals surface area contributed by atoms with Crippen LogP contribution in [0, 0.1) is 13.8 Å². The first-order valence-corrected chi connectivity index (χ1v) is 8.96. The van der Waals surface area contributed by atoms with E-state index in [-0.39, 0.29) is 6.04 Å². The van der Waals surface area contributed by atoms with Crippen molar-refractivity contribution in [2.24, 2.45) is 0 Å². The van der Waals surface area contributed by atoms with Crippen LogP contribution in [-0.4, -0.2) is 11.7 Å². The van der Waals surface area contributed by atoms with Gasteiger partial charge in [0.25, 0.3) is 0 Å². The molecule has 0 aliphatic heterocycles. The lowest BCUT2D eigenvalue weighted by Crippen LogP contribution is -2.35. The first-order valence-electron chi connectivity index (χ1n) is 8.96. The van der Waals surface area contributed by atoms with Crippen LogP contribution in [0.5, 0.6) is 0 Å². The van der Waals surface area contributed by atoms with Gasteiger partial charge in [-0.15, -0.1) is 0 Å². The molecule has 138 valence electrons. The van der Waals surface area contributed by atoms with E-state index in [0.717, 1.165) is 16.7 Å². The number of hydrogen-bond acceptors (Lipinski definition) is 2. The number of nitrogens with one attached hydrogen (secondary N) is 1. The highest BCUT2D eigenvalue weighted by Gasteiger charge is 2.22. The van der Waals surface area contributed by atoms with E-state index in [9.17, 15) is 4.79 Å². The molecule has 26 heavy (non-hydrogen) atoms. The van der Waals surface area contributed by atoms with Crippen LogP contribution in [0.2, 0.25) is 0 Å². The van der Waals surface area contributed by atoms with E-state index >= 15 is 0 Å². The number of aryl methyl sites for hydroxylation is 1. The number of rotatable bonds is 5. The van der Waals surface area contributed by atoms with E-state index in [0.29, 0.717) is 6.42 Å². The summed E-state index contributed by atoms with van der Waals surface area (Å²) in [5.41, 5.74) is 4.99. The molecule has 1 amide bonds. The molecule has 1 atom stereocenters. The number of carbonyl (C=O) groups is 1. The quantitative estimate of drug-likeness (QED) is 0.720. The van der Waals surface area contributed by atoms with E-state index in [2.05, 4.69) is 37.9 Å². The Labute approximate surface area is 157 Å². The zero-order chi connectivity index (χ0) is 19.3. The summed E-state index contributed by atoms with van der Waals surface area (Å²) in [5, 5.41) is 3.04. The number of alkyl carbamates (subject to hydrolysis) is 1. The van der Waals surface area contributed by atoms with Gasteiger partial charge >= 0.3 is 6.09 Å². The molecule has 3 nitrogen and oxygen atoms in total. The number of benzene rings is 2. The lowest BCUT2D eigenvalue weighted by Gasteiger charge is -2.26. The topological polar surface area (TPSA) is 38.3 Å². The van der Waals surface area contributed by atoms with Crippen molar-refractivity contribution >= 4 is 11.7 Å². The molecule has 2 aromatic rings. The van der Waals surface area contributed by atoms with Crippen molar-refractivity contribution in [1.29, 1.82) is 0 Å². The molecular weight excluding hydrogens is 322 g/mol. The number of amides is 1. The van der Waals surface area contributed by atoms with Crippen molar-refractivity contribution in [3.63, 3.8) is 0 Å². The fourth-order valence-electron chi connectivity index (χ4n) is 2.88. The van der Waals surface area contributed by atoms with Crippen molar-refractivity contribution in [1.82, 2.24) is 5.32 Å². The predicted molar refractivity (Wildman–Crippen MR) is 108 cm³/mol. The molecular formula is C23H29NO2. The average Bonchev–Trinajstić information content (AvgIpc) is 2.56. The second-order valence-corrected chi connectivity index (χ2v) is 7.66. The van der Waals surface area contributed by atoms with Crippen molar-refractivity contribution in [3.05, 3.63) is 77.4 Å². The van der Waals surface area contributed by atoms with Crippen LogP contribution in [0.25, 0.3) is 5.57 Å². The maximum Gasteiger partial charge on any atom is 0.408 e. The van der Waals surface area contributed by atoms with Crippen molar-refractivity contribution in [3.8, 4) is 0 Å². The van der Waals surface area contributed by atoms with Crippen molar-refractivity contribution < 1.29 is 9.53 Å². The van der Waals surface area contributed by atoms with Gasteiger partial charge in [-0.1, -0.05) is 55.1 Å². The van der Waals surface area contributed by atoms with Crippen LogP contribution in [0.1, 0.15) is 55.5 Å². The van der Waals surface area contributed by atoms with Gasteiger partial charge in [0.05, 0.1) is 6.04 Å². The lowest BCUT2D eigenvalue weighted by molar-refractivity contribution is 0.0504. The van der Waals surface area contributed by atoms with Crippen LogP contribution in [0.4, 0.5) is 4.79 Å². The van der Waals surface area contributed by atoms with Gasteiger partial charge in [0, 0.05) is 0 Å². The van der Waals surface area contributed by atoms with Gasteiger partial charge in [-0.05, 0) is 68.9 Å². The molecule has 0 fully saturated rings. The Kier molecular flexibility index (Phi) is 6.25. The zero-order valence-electron chi connectivity index (χ0n) is 16.4. The molecule has 0 heterocycles. The highest BCUT2D eigenvalue weighted by molar-refractivity contribution is 5.70. The number of hydrogen-bond donors (Lipinski definition) is 1. The molecule has 1 N–H and O–H groups in total. The monoisotopic (exact) mass is 351 g/mol. The average molecular weight is 351 g/mol. The highest BCUT2D eigenvalue weighted by atomic mass is 16.6. The Hall–Kier alpha value is -2.55. The largest absolute Gasteiger partial charge is 0.444 e. The standard InChI is InChI=1S/C23H29NO2/c1-16-11-10-14-20(18(16)3)21(24-22(25)26-23(4,5)6)15-17(2)19-12-8-7-9-13-19/h7-14,21H,2,15H2,1,3-6H3,(H,24,25). The van der Waals surface area contributed by atoms with Gasteiger partial charge in [0.15, 0.2) is 0 Å². The SMILES string of the molecule is C=C(CC(NC(=O)OC(C)(C)C)c1cccc(C)c1C)c1ccccc1. The smallest absolute Gasteiger partial charge is 0.408 e. The Morgan fingerprint density at radius 2 is 1.73 bits per heavy atom. The summed E-state index contributed by atoms with van der Waals surface area (Å²) in [6, 6.07) is 16.0. The van der Waals surface area contributed by atoms with Crippen LogP contribution in [-0.2, 0) is 4.74 Å². The van der Waals surface area contributed by atoms with Crippen molar-refractivity contribution in [2.75, 3.05) is 0 Å². The van der Waals surface area contributed by atoms with Crippen molar-refractivity contribution in [2.45, 2.75) is 52.7 Å². The van der Waals surface area contributed by atoms with E-state index in [1.165, 1.54) is 11.1 Å². The molecule has 2 aromatic carbocycles. The summed E-state index contributed by atoms with van der Waals surface area (Å²) < 4.78 is 5.47. The normalized spacial score (nSPS) is 12.3. The highest BCUT2D eigenvalue weighted by Crippen LogP contribution is 2.29. The van der Waals surface area contributed by atoms with E-state index in [1.54, 1.807) is 0 Å². The second-order valence-electron chi connectivity index (χ2n) is 7.66. The summed E-state index contributed by atoms with van der Waals surface area (Å²) in [6.45, 7) is 14.0. The van der Waals surface area contributed by atoms with Gasteiger partial charge in [-0.3, -0.25) is 0 Å². The Balaban J connectivity index is 2.28. The summed E-state index contributed by atoms with van der Waals surface area (Å²) in [7, 11) is 0. The zero-order valence-corrected chi connectivity index (χ0v) is 16.4. The molecule has 1 unspecified atom stereocenters. The lowest BCUT2D eigenvalue weighted by atomic mass is 9.91. The molecule has 0 bridgehead atoms. The van der Waals surface area contributed by atoms with E-state index < -0.39 is 11.7 Å². The third kappa shape index (κ3) is 5.48. The van der Waals surface area contributed by atoms with E-state index in [1.807, 2.05) is 57.2 Å². The molecule has 0 radical (unpaired) electrons. The number of ether oxygens (including phenoxy) is 1. The first kappa shape index (κ1) is 19.8. The fourth-order valence-corrected chi connectivity index (χ4v) is 2.88. The van der Waals surface area contributed by atoms with Crippen LogP contribution < -0.4 is 5.32 Å². The summed E-state index contributed by atoms with van der Waals surface area (Å²) in [5.74, 6) is 0. The van der Waals surface area contributed by atoms with Gasteiger partial charge in [-0.2, -0.15) is 0 Å². The number of carbonyl (C=O) groups excluding carboxylic acids is 1. The summed E-state index contributed by atoms with van der Waals surface area (Å²) in [4.78, 5) is 12.4. The van der Waals surface area contributed by atoms with Crippen LogP contribution in [0.15, 0.2) is 55.1 Å². The maximum atomic E-state index is 12.4. The summed E-state index contributed by atoms with van der Waals surface area (Å²) >= 11 is 0. The Bertz CT molecular complexity index is 773. The summed E-state index contributed by atoms with van der Waals surface area (Å²) in [6.07, 6.45) is 0.206. The predicted octanol–water partition coefficient (Wildman–Crippen LogP) is 5.97. The minimum absolute atomic E-state index is 0.197. The first-order chi connectivity index (χ1) is 12.2. The molecule has 0 aliphatic rings. The molecule has 2 rings (SSSR count). The molecule has 0 saturated heterocycles. The van der Waals surface area contributed by atoms with Gasteiger partial charge in [0.2, 0.25) is 0 Å². The minimum atomic E-state index is -0.535. The van der Waals surface area contributed by atoms with Crippen LogP contribution in [0.3, 0.4) is 0 Å². The second kappa shape index (κ2) is 8.22. The minimum Gasteiger partial charge on any atom is -0.444 e. The third-order valence-corrected chi connectivity index (χ3v) is 4.35.